The van der Waals surface area contributed by atoms with Crippen molar-refractivity contribution < 1.29 is 9.47 Å². The molecule has 0 amide bonds. The van der Waals surface area contributed by atoms with Crippen molar-refractivity contribution in [1.29, 1.82) is 0 Å². The van der Waals surface area contributed by atoms with Gasteiger partial charge in [0, 0.05) is 31.5 Å². The van der Waals surface area contributed by atoms with E-state index in [0.717, 1.165) is 37.2 Å². The summed E-state index contributed by atoms with van der Waals surface area (Å²) in [5.74, 6) is 0.978. The van der Waals surface area contributed by atoms with E-state index in [1.165, 1.54) is 7.11 Å². The van der Waals surface area contributed by atoms with Crippen LogP contribution in [0.15, 0.2) is 35.3 Å². The first-order valence-electron chi connectivity index (χ1n) is 9.24. The van der Waals surface area contributed by atoms with Crippen molar-refractivity contribution in [3.63, 3.8) is 0 Å². The zero-order chi connectivity index (χ0) is 19.7. The Hall–Kier alpha value is -3.13. The van der Waals surface area contributed by atoms with E-state index in [4.69, 9.17) is 20.9 Å². The van der Waals surface area contributed by atoms with E-state index in [0.29, 0.717) is 34.9 Å². The van der Waals surface area contributed by atoms with Gasteiger partial charge in [0.05, 0.1) is 23.7 Å². The largest absolute Gasteiger partial charge is 0.480 e. The fourth-order valence-corrected chi connectivity index (χ4v) is 3.58. The predicted octanol–water partition coefficient (Wildman–Crippen LogP) is 2.06. The molecule has 0 radical (unpaired) electrons. The minimum absolute atomic E-state index is 0.134. The minimum atomic E-state index is -0.134. The third-order valence-corrected chi connectivity index (χ3v) is 5.17. The second kappa shape index (κ2) is 7.47. The molecule has 0 spiro atoms. The zero-order valence-corrected chi connectivity index (χ0v) is 15.7. The lowest BCUT2D eigenvalue weighted by Gasteiger charge is -2.23. The number of anilines is 2. The smallest absolute Gasteiger partial charge is 0.262 e. The number of ether oxygens (including phenoxy) is 2. The Kier molecular flexibility index (Phi) is 4.87. The van der Waals surface area contributed by atoms with Crippen molar-refractivity contribution in [2.24, 2.45) is 5.92 Å². The lowest BCUT2D eigenvalue weighted by molar-refractivity contribution is 0.0611. The van der Waals surface area contributed by atoms with Crippen LogP contribution in [0, 0.1) is 5.92 Å². The molecule has 1 aliphatic rings. The van der Waals surface area contributed by atoms with Crippen LogP contribution in [0.2, 0.25) is 0 Å². The molecule has 1 aromatic carbocycles. The summed E-state index contributed by atoms with van der Waals surface area (Å²) in [5, 5.41) is 0.521. The molecule has 0 bridgehead atoms. The van der Waals surface area contributed by atoms with E-state index in [1.807, 2.05) is 12.1 Å². The van der Waals surface area contributed by atoms with Crippen LogP contribution in [0.1, 0.15) is 12.8 Å². The second-order valence-corrected chi connectivity index (χ2v) is 7.00. The third-order valence-electron chi connectivity index (χ3n) is 5.17. The number of benzene rings is 1. The van der Waals surface area contributed by atoms with Gasteiger partial charge in [-0.2, -0.15) is 0 Å². The number of aromatic nitrogens is 3. The highest BCUT2D eigenvalue weighted by Gasteiger charge is 2.18. The maximum Gasteiger partial charge on any atom is 0.262 e. The fourth-order valence-electron chi connectivity index (χ4n) is 3.58. The lowest BCUT2D eigenvalue weighted by atomic mass is 10.00. The molecule has 8 heteroatoms. The van der Waals surface area contributed by atoms with Gasteiger partial charge in [0.1, 0.15) is 0 Å². The summed E-state index contributed by atoms with van der Waals surface area (Å²) >= 11 is 0. The van der Waals surface area contributed by atoms with Crippen molar-refractivity contribution in [2.45, 2.75) is 19.4 Å². The molecule has 3 heterocycles. The van der Waals surface area contributed by atoms with Gasteiger partial charge in [-0.15, -0.1) is 0 Å². The van der Waals surface area contributed by atoms with Crippen LogP contribution in [-0.4, -0.2) is 34.9 Å². The first kappa shape index (κ1) is 18.2. The molecule has 28 heavy (non-hydrogen) atoms. The van der Waals surface area contributed by atoms with Crippen molar-refractivity contribution in [3.8, 4) is 17.0 Å². The number of hydrogen-bond donors (Lipinski definition) is 2. The highest BCUT2D eigenvalue weighted by Crippen LogP contribution is 2.27. The molecule has 0 unspecified atom stereocenters. The van der Waals surface area contributed by atoms with Crippen molar-refractivity contribution in [2.75, 3.05) is 31.8 Å². The van der Waals surface area contributed by atoms with E-state index in [9.17, 15) is 4.79 Å². The van der Waals surface area contributed by atoms with E-state index in [1.54, 1.807) is 22.9 Å². The first-order valence-corrected chi connectivity index (χ1v) is 9.24. The van der Waals surface area contributed by atoms with Crippen LogP contribution in [0.4, 0.5) is 11.6 Å². The number of hydrogen-bond acceptors (Lipinski definition) is 7. The SMILES string of the molecule is COc1ncc(-c2ccc3nc(N)n(CC4CCOCC4)c(=O)c3c2)cc1N. The van der Waals surface area contributed by atoms with E-state index in [2.05, 4.69) is 9.97 Å². The Morgan fingerprint density at radius 2 is 2.00 bits per heavy atom. The summed E-state index contributed by atoms with van der Waals surface area (Å²) < 4.78 is 12.1. The van der Waals surface area contributed by atoms with E-state index < -0.39 is 0 Å². The summed E-state index contributed by atoms with van der Waals surface area (Å²) in [6.45, 7) is 1.99. The molecule has 0 atom stereocenters. The Morgan fingerprint density at radius 1 is 1.21 bits per heavy atom. The minimum Gasteiger partial charge on any atom is -0.480 e. The number of fused-ring (bicyclic) bond motifs is 1. The molecular weight excluding hydrogens is 358 g/mol. The number of nitrogens with two attached hydrogens (primary N) is 2. The Labute approximate surface area is 162 Å². The van der Waals surface area contributed by atoms with Crippen LogP contribution in [0.25, 0.3) is 22.0 Å². The first-order chi connectivity index (χ1) is 13.6. The topological polar surface area (TPSA) is 118 Å². The number of pyridine rings is 1. The van der Waals surface area contributed by atoms with Crippen molar-refractivity contribution >= 4 is 22.5 Å². The average Bonchev–Trinajstić information content (AvgIpc) is 2.71. The van der Waals surface area contributed by atoms with Gasteiger partial charge < -0.3 is 20.9 Å². The summed E-state index contributed by atoms with van der Waals surface area (Å²) in [7, 11) is 1.52. The van der Waals surface area contributed by atoms with Crippen LogP contribution in [0.5, 0.6) is 5.88 Å². The van der Waals surface area contributed by atoms with Crippen LogP contribution >= 0.6 is 0 Å². The molecule has 1 fully saturated rings. The molecule has 146 valence electrons. The van der Waals surface area contributed by atoms with Gasteiger partial charge in [-0.1, -0.05) is 6.07 Å². The van der Waals surface area contributed by atoms with E-state index >= 15 is 0 Å². The van der Waals surface area contributed by atoms with Crippen LogP contribution in [-0.2, 0) is 11.3 Å². The van der Waals surface area contributed by atoms with Gasteiger partial charge in [0.25, 0.3) is 5.56 Å². The van der Waals surface area contributed by atoms with Gasteiger partial charge in [0.2, 0.25) is 11.8 Å². The molecule has 8 nitrogen and oxygen atoms in total. The molecular formula is C20H23N5O3. The van der Waals surface area contributed by atoms with Gasteiger partial charge >= 0.3 is 0 Å². The lowest BCUT2D eigenvalue weighted by Crippen LogP contribution is -2.30. The van der Waals surface area contributed by atoms with Crippen LogP contribution < -0.4 is 21.8 Å². The molecule has 4 N–H and O–H groups in total. The number of nitrogens with zero attached hydrogens (tertiary/aromatic N) is 3. The Balaban J connectivity index is 1.75. The van der Waals surface area contributed by atoms with Crippen molar-refractivity contribution in [1.82, 2.24) is 14.5 Å². The molecule has 1 saturated heterocycles. The predicted molar refractivity (Wildman–Crippen MR) is 108 cm³/mol. The number of nitrogen functional groups attached to an aromatic ring is 2. The maximum atomic E-state index is 13.1. The molecule has 1 aliphatic heterocycles. The fraction of sp³-hybridized carbons (Fsp3) is 0.350. The molecule has 0 saturated carbocycles. The Bertz CT molecular complexity index is 1070. The summed E-state index contributed by atoms with van der Waals surface area (Å²) in [6.07, 6.45) is 3.50. The van der Waals surface area contributed by atoms with Crippen LogP contribution in [0.3, 0.4) is 0 Å². The quantitative estimate of drug-likeness (QED) is 0.710. The molecule has 2 aromatic heterocycles. The monoisotopic (exact) mass is 381 g/mol. The highest BCUT2D eigenvalue weighted by atomic mass is 16.5. The Morgan fingerprint density at radius 3 is 2.71 bits per heavy atom. The summed E-state index contributed by atoms with van der Waals surface area (Å²) in [5.41, 5.74) is 14.6. The summed E-state index contributed by atoms with van der Waals surface area (Å²) in [4.78, 5) is 21.8. The third kappa shape index (κ3) is 3.38. The summed E-state index contributed by atoms with van der Waals surface area (Å²) in [6, 6.07) is 7.26. The second-order valence-electron chi connectivity index (χ2n) is 7.00. The molecule has 0 aliphatic carbocycles. The maximum absolute atomic E-state index is 13.1. The number of methoxy groups -OCH3 is 1. The molecule has 4 rings (SSSR count). The van der Waals surface area contributed by atoms with E-state index in [-0.39, 0.29) is 11.5 Å². The van der Waals surface area contributed by atoms with Crippen molar-refractivity contribution in [3.05, 3.63) is 40.8 Å². The van der Waals surface area contributed by atoms with Gasteiger partial charge in [-0.25, -0.2) is 9.97 Å². The van der Waals surface area contributed by atoms with Gasteiger partial charge in [-0.3, -0.25) is 9.36 Å². The normalized spacial score (nSPS) is 15.0. The average molecular weight is 381 g/mol. The highest BCUT2D eigenvalue weighted by molar-refractivity contribution is 5.85. The zero-order valence-electron chi connectivity index (χ0n) is 15.7. The van der Waals surface area contributed by atoms with Gasteiger partial charge in [0.15, 0.2) is 0 Å². The number of rotatable bonds is 4. The molecule has 3 aromatic rings. The standard InChI is InChI=1S/C20H23N5O3/c1-27-18-16(21)9-14(10-23-18)13-2-3-17-15(8-13)19(26)25(20(22)24-17)11-12-4-6-28-7-5-12/h2-3,8-10,12H,4-7,11,21H2,1H3,(H2,22,24). The van der Waals surface area contributed by atoms with Gasteiger partial charge in [-0.05, 0) is 42.5 Å².